The van der Waals surface area contributed by atoms with Crippen LogP contribution in [-0.2, 0) is 11.2 Å². The summed E-state index contributed by atoms with van der Waals surface area (Å²) in [4.78, 5) is 30.1. The first-order valence-electron chi connectivity index (χ1n) is 10.3. The molecule has 6 nitrogen and oxygen atoms in total. The van der Waals surface area contributed by atoms with Gasteiger partial charge in [0.25, 0.3) is 0 Å². The third-order valence-electron chi connectivity index (χ3n) is 6.65. The summed E-state index contributed by atoms with van der Waals surface area (Å²) in [6.07, 6.45) is 7.07. The third kappa shape index (κ3) is 3.60. The van der Waals surface area contributed by atoms with Crippen LogP contribution in [0, 0.1) is 11.8 Å². The number of carbonyl (C=O) groups excluding carboxylic acids is 1. The van der Waals surface area contributed by atoms with E-state index in [1.165, 1.54) is 25.7 Å². The first-order chi connectivity index (χ1) is 13.5. The fraction of sp³-hybridized carbons (Fsp3) is 0.545. The SMILES string of the molecule is CC(Cc1c[nH]c2ccccc12)(NC(=O)O)C(=O)N1CCC2CCCCC2C1. The van der Waals surface area contributed by atoms with E-state index in [1.54, 1.807) is 6.92 Å². The van der Waals surface area contributed by atoms with Crippen LogP contribution in [0.15, 0.2) is 30.5 Å². The molecule has 1 aliphatic carbocycles. The smallest absolute Gasteiger partial charge is 0.405 e. The van der Waals surface area contributed by atoms with Gasteiger partial charge in [0, 0.05) is 36.6 Å². The molecule has 0 radical (unpaired) electrons. The number of aromatic nitrogens is 1. The standard InChI is InChI=1S/C22H29N3O3/c1-22(24-21(27)28,12-17-13-23-19-9-5-4-8-18(17)19)20(26)25-11-10-15-6-2-3-7-16(15)14-25/h4-5,8-9,13,15-16,23-24H,2-3,6-7,10-12,14H2,1H3,(H,27,28). The molecule has 1 saturated carbocycles. The second-order valence-electron chi connectivity index (χ2n) is 8.64. The summed E-state index contributed by atoms with van der Waals surface area (Å²) in [7, 11) is 0. The summed E-state index contributed by atoms with van der Waals surface area (Å²) < 4.78 is 0. The van der Waals surface area contributed by atoms with Gasteiger partial charge < -0.3 is 20.3 Å². The van der Waals surface area contributed by atoms with E-state index in [1.807, 2.05) is 35.4 Å². The largest absolute Gasteiger partial charge is 0.465 e. The molecule has 3 unspecified atom stereocenters. The Balaban J connectivity index is 1.57. The van der Waals surface area contributed by atoms with Crippen molar-refractivity contribution in [3.05, 3.63) is 36.0 Å². The molecule has 150 valence electrons. The van der Waals surface area contributed by atoms with Gasteiger partial charge in [0.1, 0.15) is 5.54 Å². The number of nitrogens with zero attached hydrogens (tertiary/aromatic N) is 1. The minimum atomic E-state index is -1.18. The zero-order valence-electron chi connectivity index (χ0n) is 16.4. The average molecular weight is 383 g/mol. The number of H-pyrrole nitrogens is 1. The zero-order valence-corrected chi connectivity index (χ0v) is 16.4. The number of hydrogen-bond donors (Lipinski definition) is 3. The van der Waals surface area contributed by atoms with E-state index in [0.29, 0.717) is 12.3 Å². The number of likely N-dealkylation sites (tertiary alicyclic amines) is 1. The molecule has 0 spiro atoms. The Kier molecular flexibility index (Phi) is 5.04. The number of nitrogens with one attached hydrogen (secondary N) is 2. The molecule has 3 N–H and O–H groups in total. The lowest BCUT2D eigenvalue weighted by molar-refractivity contribution is -0.140. The van der Waals surface area contributed by atoms with Gasteiger partial charge in [0.2, 0.25) is 5.91 Å². The molecule has 0 bridgehead atoms. The molecule has 1 aliphatic heterocycles. The second kappa shape index (κ2) is 7.49. The number of para-hydroxylation sites is 1. The van der Waals surface area contributed by atoms with Crippen molar-refractivity contribution < 1.29 is 14.7 Å². The third-order valence-corrected chi connectivity index (χ3v) is 6.65. The fourth-order valence-electron chi connectivity index (χ4n) is 5.20. The Hall–Kier alpha value is -2.50. The van der Waals surface area contributed by atoms with Crippen molar-refractivity contribution in [3.63, 3.8) is 0 Å². The van der Waals surface area contributed by atoms with Crippen molar-refractivity contribution in [1.29, 1.82) is 0 Å². The van der Waals surface area contributed by atoms with Gasteiger partial charge in [-0.25, -0.2) is 4.79 Å². The normalized spacial score (nSPS) is 24.4. The summed E-state index contributed by atoms with van der Waals surface area (Å²) in [5, 5.41) is 13.0. The number of hydrogen-bond acceptors (Lipinski definition) is 2. The highest BCUT2D eigenvalue weighted by Crippen LogP contribution is 2.37. The first-order valence-corrected chi connectivity index (χ1v) is 10.3. The molecule has 4 rings (SSSR count). The minimum absolute atomic E-state index is 0.107. The van der Waals surface area contributed by atoms with Crippen LogP contribution in [0.25, 0.3) is 10.9 Å². The highest BCUT2D eigenvalue weighted by molar-refractivity contribution is 5.91. The van der Waals surface area contributed by atoms with Crippen molar-refractivity contribution >= 4 is 22.9 Å². The zero-order chi connectivity index (χ0) is 19.7. The lowest BCUT2D eigenvalue weighted by atomic mass is 9.74. The lowest BCUT2D eigenvalue weighted by Gasteiger charge is -2.44. The minimum Gasteiger partial charge on any atom is -0.465 e. The van der Waals surface area contributed by atoms with Crippen molar-refractivity contribution in [3.8, 4) is 0 Å². The molecule has 2 aromatic rings. The van der Waals surface area contributed by atoms with Crippen molar-refractivity contribution in [2.24, 2.45) is 11.8 Å². The monoisotopic (exact) mass is 383 g/mol. The Labute approximate surface area is 165 Å². The molecule has 28 heavy (non-hydrogen) atoms. The maximum absolute atomic E-state index is 13.5. The summed E-state index contributed by atoms with van der Waals surface area (Å²) in [6.45, 7) is 3.21. The predicted molar refractivity (Wildman–Crippen MR) is 108 cm³/mol. The summed E-state index contributed by atoms with van der Waals surface area (Å²) in [5.41, 5.74) is 0.761. The molecule has 3 atom stereocenters. The number of carboxylic acid groups (broad SMARTS) is 1. The molecule has 1 aromatic carbocycles. The lowest BCUT2D eigenvalue weighted by Crippen LogP contribution is -2.61. The topological polar surface area (TPSA) is 85.4 Å². The Morgan fingerprint density at radius 3 is 2.75 bits per heavy atom. The quantitative estimate of drug-likeness (QED) is 0.751. The molecular formula is C22H29N3O3. The number of amides is 2. The molecule has 2 fully saturated rings. The molecule has 6 heteroatoms. The Bertz CT molecular complexity index is 877. The number of aromatic amines is 1. The van der Waals surface area contributed by atoms with Crippen molar-refractivity contribution in [2.45, 2.75) is 51.0 Å². The maximum Gasteiger partial charge on any atom is 0.405 e. The van der Waals surface area contributed by atoms with E-state index in [9.17, 15) is 14.7 Å². The van der Waals surface area contributed by atoms with Crippen LogP contribution in [0.3, 0.4) is 0 Å². The predicted octanol–water partition coefficient (Wildman–Crippen LogP) is 3.78. The van der Waals surface area contributed by atoms with Crippen LogP contribution in [0.2, 0.25) is 0 Å². The highest BCUT2D eigenvalue weighted by atomic mass is 16.4. The van der Waals surface area contributed by atoms with E-state index < -0.39 is 11.6 Å². The number of fused-ring (bicyclic) bond motifs is 2. The van der Waals surface area contributed by atoms with Crippen LogP contribution < -0.4 is 5.32 Å². The van der Waals surface area contributed by atoms with Gasteiger partial charge in [-0.15, -0.1) is 0 Å². The first kappa shape index (κ1) is 18.8. The summed E-state index contributed by atoms with van der Waals surface area (Å²) in [6, 6.07) is 7.89. The summed E-state index contributed by atoms with van der Waals surface area (Å²) in [5.74, 6) is 1.18. The van der Waals surface area contributed by atoms with E-state index in [0.717, 1.165) is 41.9 Å². The maximum atomic E-state index is 13.5. The number of benzene rings is 1. The molecule has 1 saturated heterocycles. The van der Waals surface area contributed by atoms with Gasteiger partial charge in [-0.2, -0.15) is 0 Å². The average Bonchev–Trinajstić information content (AvgIpc) is 3.09. The van der Waals surface area contributed by atoms with Crippen molar-refractivity contribution in [2.75, 3.05) is 13.1 Å². The molecular weight excluding hydrogens is 354 g/mol. The molecule has 2 aliphatic rings. The van der Waals surface area contributed by atoms with Crippen LogP contribution >= 0.6 is 0 Å². The van der Waals surface area contributed by atoms with Gasteiger partial charge in [-0.05, 0) is 43.2 Å². The number of carbonyl (C=O) groups is 2. The molecule has 2 heterocycles. The van der Waals surface area contributed by atoms with E-state index >= 15 is 0 Å². The molecule has 1 aromatic heterocycles. The van der Waals surface area contributed by atoms with Gasteiger partial charge >= 0.3 is 6.09 Å². The van der Waals surface area contributed by atoms with Crippen LogP contribution in [-0.4, -0.2) is 45.6 Å². The van der Waals surface area contributed by atoms with E-state index in [-0.39, 0.29) is 5.91 Å². The Morgan fingerprint density at radius 1 is 1.21 bits per heavy atom. The summed E-state index contributed by atoms with van der Waals surface area (Å²) >= 11 is 0. The van der Waals surface area contributed by atoms with Gasteiger partial charge in [-0.1, -0.05) is 37.5 Å². The van der Waals surface area contributed by atoms with E-state index in [2.05, 4.69) is 10.3 Å². The van der Waals surface area contributed by atoms with Crippen molar-refractivity contribution in [1.82, 2.24) is 15.2 Å². The van der Waals surface area contributed by atoms with Crippen LogP contribution in [0.1, 0.15) is 44.6 Å². The fourth-order valence-corrected chi connectivity index (χ4v) is 5.20. The number of rotatable bonds is 4. The van der Waals surface area contributed by atoms with Gasteiger partial charge in [-0.3, -0.25) is 4.79 Å². The van der Waals surface area contributed by atoms with E-state index in [4.69, 9.17) is 0 Å². The second-order valence-corrected chi connectivity index (χ2v) is 8.64. The number of piperidine rings is 1. The van der Waals surface area contributed by atoms with Gasteiger partial charge in [0.05, 0.1) is 0 Å². The molecule has 2 amide bonds. The Morgan fingerprint density at radius 2 is 1.96 bits per heavy atom. The highest BCUT2D eigenvalue weighted by Gasteiger charge is 2.42. The van der Waals surface area contributed by atoms with Crippen LogP contribution in [0.4, 0.5) is 4.79 Å². The van der Waals surface area contributed by atoms with Gasteiger partial charge in [0.15, 0.2) is 0 Å². The van der Waals surface area contributed by atoms with Crippen LogP contribution in [0.5, 0.6) is 0 Å².